The minimum atomic E-state index is -0.876. The molecule has 2 rings (SSSR count). The maximum atomic E-state index is 12.6. The van der Waals surface area contributed by atoms with Gasteiger partial charge in [-0.25, -0.2) is 14.4 Å². The quantitative estimate of drug-likeness (QED) is 0.636. The second-order valence-corrected chi connectivity index (χ2v) is 7.04. The molecule has 2 fully saturated rings. The fourth-order valence-corrected chi connectivity index (χ4v) is 2.79. The van der Waals surface area contributed by atoms with Crippen LogP contribution >= 0.6 is 0 Å². The molecule has 2 heterocycles. The number of esters is 1. The van der Waals surface area contributed by atoms with Gasteiger partial charge in [-0.15, -0.1) is 0 Å². The van der Waals surface area contributed by atoms with Crippen molar-refractivity contribution in [3.05, 3.63) is 0 Å². The van der Waals surface area contributed by atoms with Crippen LogP contribution in [0.15, 0.2) is 0 Å². The molecule has 2 aliphatic heterocycles. The molecule has 0 aliphatic carbocycles. The number of piperazine rings is 1. The molecular formula is C16H27N3O6. The van der Waals surface area contributed by atoms with Crippen molar-refractivity contribution in [2.75, 3.05) is 53.0 Å². The Morgan fingerprint density at radius 1 is 1.00 bits per heavy atom. The summed E-state index contributed by atoms with van der Waals surface area (Å²) in [5.41, 5.74) is -0.668. The third kappa shape index (κ3) is 4.97. The molecule has 9 heteroatoms. The summed E-state index contributed by atoms with van der Waals surface area (Å²) in [5, 5.41) is 0. The monoisotopic (exact) mass is 357 g/mol. The lowest BCUT2D eigenvalue weighted by Gasteiger charge is -2.42. The summed E-state index contributed by atoms with van der Waals surface area (Å²) < 4.78 is 15.4. The first-order chi connectivity index (χ1) is 11.7. The van der Waals surface area contributed by atoms with Gasteiger partial charge in [-0.2, -0.15) is 0 Å². The molecule has 0 saturated carbocycles. The first-order valence-corrected chi connectivity index (χ1v) is 8.42. The van der Waals surface area contributed by atoms with E-state index in [0.29, 0.717) is 32.8 Å². The molecule has 0 aromatic rings. The average Bonchev–Trinajstić information content (AvgIpc) is 2.59. The number of urea groups is 1. The minimum Gasteiger partial charge on any atom is -0.467 e. The molecule has 142 valence electrons. The Balaban J connectivity index is 2.07. The van der Waals surface area contributed by atoms with E-state index < -0.39 is 23.7 Å². The van der Waals surface area contributed by atoms with Crippen molar-refractivity contribution in [2.45, 2.75) is 32.4 Å². The van der Waals surface area contributed by atoms with Gasteiger partial charge in [0.05, 0.1) is 26.9 Å². The molecule has 1 unspecified atom stereocenters. The van der Waals surface area contributed by atoms with E-state index in [1.807, 2.05) is 0 Å². The van der Waals surface area contributed by atoms with Gasteiger partial charge < -0.3 is 24.0 Å². The smallest absolute Gasteiger partial charge is 0.411 e. The van der Waals surface area contributed by atoms with Gasteiger partial charge in [0, 0.05) is 26.2 Å². The molecule has 9 nitrogen and oxygen atoms in total. The lowest BCUT2D eigenvalue weighted by atomic mass is 10.1. The van der Waals surface area contributed by atoms with Crippen molar-refractivity contribution in [3.8, 4) is 0 Å². The predicted octanol–water partition coefficient (Wildman–Crippen LogP) is 0.533. The summed E-state index contributed by atoms with van der Waals surface area (Å²) in [6.45, 7) is 7.97. The van der Waals surface area contributed by atoms with Gasteiger partial charge in [-0.1, -0.05) is 0 Å². The minimum absolute atomic E-state index is 0.0854. The number of morpholine rings is 1. The Morgan fingerprint density at radius 3 is 2.20 bits per heavy atom. The number of ether oxygens (including phenoxy) is 3. The van der Waals surface area contributed by atoms with Crippen molar-refractivity contribution < 1.29 is 28.6 Å². The second kappa shape index (κ2) is 7.90. The van der Waals surface area contributed by atoms with E-state index >= 15 is 0 Å². The highest BCUT2D eigenvalue weighted by Crippen LogP contribution is 2.18. The summed E-state index contributed by atoms with van der Waals surface area (Å²) in [4.78, 5) is 41.8. The third-order valence-corrected chi connectivity index (χ3v) is 4.03. The van der Waals surface area contributed by atoms with Crippen molar-refractivity contribution >= 4 is 18.1 Å². The van der Waals surface area contributed by atoms with Crippen LogP contribution in [0.5, 0.6) is 0 Å². The van der Waals surface area contributed by atoms with Gasteiger partial charge in [0.25, 0.3) is 0 Å². The van der Waals surface area contributed by atoms with Crippen molar-refractivity contribution in [2.24, 2.45) is 0 Å². The first kappa shape index (κ1) is 19.3. The Morgan fingerprint density at radius 2 is 1.64 bits per heavy atom. The molecular weight excluding hydrogens is 330 g/mol. The molecule has 2 saturated heterocycles. The summed E-state index contributed by atoms with van der Waals surface area (Å²) >= 11 is 0. The van der Waals surface area contributed by atoms with Gasteiger partial charge in [-0.3, -0.25) is 4.90 Å². The Labute approximate surface area is 147 Å². The predicted molar refractivity (Wildman–Crippen MR) is 88.1 cm³/mol. The van der Waals surface area contributed by atoms with Crippen LogP contribution in [0.2, 0.25) is 0 Å². The van der Waals surface area contributed by atoms with E-state index in [1.165, 1.54) is 12.0 Å². The largest absolute Gasteiger partial charge is 0.467 e. The molecule has 0 bridgehead atoms. The van der Waals surface area contributed by atoms with Crippen LogP contribution in [0.4, 0.5) is 9.59 Å². The molecule has 0 aromatic carbocycles. The Kier molecular flexibility index (Phi) is 6.10. The van der Waals surface area contributed by atoms with Gasteiger partial charge in [0.1, 0.15) is 5.60 Å². The molecule has 0 N–H and O–H groups in total. The van der Waals surface area contributed by atoms with Gasteiger partial charge >= 0.3 is 18.1 Å². The normalized spacial score (nSPS) is 21.8. The van der Waals surface area contributed by atoms with E-state index in [4.69, 9.17) is 14.2 Å². The Bertz CT molecular complexity index is 512. The molecule has 0 spiro atoms. The first-order valence-electron chi connectivity index (χ1n) is 8.42. The average molecular weight is 357 g/mol. The number of methoxy groups -OCH3 is 1. The SMILES string of the molecule is COC(=O)C1CN(C(=O)N2CCOCC2)CCN1C(=O)OC(C)(C)C. The topological polar surface area (TPSA) is 88.6 Å². The van der Waals surface area contributed by atoms with E-state index in [1.54, 1.807) is 30.6 Å². The zero-order valence-electron chi connectivity index (χ0n) is 15.3. The maximum absolute atomic E-state index is 12.6. The molecule has 1 atom stereocenters. The van der Waals surface area contributed by atoms with Crippen molar-refractivity contribution in [3.63, 3.8) is 0 Å². The van der Waals surface area contributed by atoms with E-state index in [2.05, 4.69) is 0 Å². The van der Waals surface area contributed by atoms with Crippen molar-refractivity contribution in [1.82, 2.24) is 14.7 Å². The van der Waals surface area contributed by atoms with Gasteiger partial charge in [-0.05, 0) is 20.8 Å². The van der Waals surface area contributed by atoms with Crippen LogP contribution in [-0.4, -0.2) is 97.5 Å². The fourth-order valence-electron chi connectivity index (χ4n) is 2.79. The van der Waals surface area contributed by atoms with Gasteiger partial charge in [0.2, 0.25) is 0 Å². The number of amides is 3. The van der Waals surface area contributed by atoms with Crippen LogP contribution in [0.1, 0.15) is 20.8 Å². The number of carbonyl (C=O) groups excluding carboxylic acids is 3. The number of nitrogens with zero attached hydrogens (tertiary/aromatic N) is 3. The molecule has 25 heavy (non-hydrogen) atoms. The van der Waals surface area contributed by atoms with E-state index in [-0.39, 0.29) is 19.1 Å². The summed E-state index contributed by atoms with van der Waals surface area (Å²) in [7, 11) is 1.26. The van der Waals surface area contributed by atoms with Crippen LogP contribution in [0.3, 0.4) is 0 Å². The second-order valence-electron chi connectivity index (χ2n) is 7.04. The highest BCUT2D eigenvalue weighted by Gasteiger charge is 2.40. The maximum Gasteiger partial charge on any atom is 0.411 e. The number of hydrogen-bond donors (Lipinski definition) is 0. The zero-order chi connectivity index (χ0) is 18.6. The van der Waals surface area contributed by atoms with Crippen LogP contribution < -0.4 is 0 Å². The summed E-state index contributed by atoms with van der Waals surface area (Å²) in [6, 6.07) is -1.03. The lowest BCUT2D eigenvalue weighted by Crippen LogP contribution is -2.62. The summed E-state index contributed by atoms with van der Waals surface area (Å²) in [6.07, 6.45) is -0.582. The Hall–Kier alpha value is -2.03. The standard InChI is InChI=1S/C16H27N3O6/c1-16(2,3)25-15(22)19-6-5-18(11-12(19)13(20)23-4)14(21)17-7-9-24-10-8-17/h12H,5-11H2,1-4H3. The summed E-state index contributed by atoms with van der Waals surface area (Å²) in [5.74, 6) is -0.565. The zero-order valence-corrected chi connectivity index (χ0v) is 15.3. The third-order valence-electron chi connectivity index (χ3n) is 4.03. The van der Waals surface area contributed by atoms with Gasteiger partial charge in [0.15, 0.2) is 6.04 Å². The lowest BCUT2D eigenvalue weighted by molar-refractivity contribution is -0.148. The number of carbonyl (C=O) groups is 3. The highest BCUT2D eigenvalue weighted by molar-refractivity contribution is 5.83. The van der Waals surface area contributed by atoms with E-state index in [9.17, 15) is 14.4 Å². The number of hydrogen-bond acceptors (Lipinski definition) is 6. The van der Waals surface area contributed by atoms with Crippen LogP contribution in [0, 0.1) is 0 Å². The van der Waals surface area contributed by atoms with E-state index in [0.717, 1.165) is 0 Å². The number of rotatable bonds is 1. The molecule has 3 amide bonds. The fraction of sp³-hybridized carbons (Fsp3) is 0.812. The molecule has 0 radical (unpaired) electrons. The molecule has 0 aromatic heterocycles. The van der Waals surface area contributed by atoms with Crippen molar-refractivity contribution in [1.29, 1.82) is 0 Å². The van der Waals surface area contributed by atoms with Crippen LogP contribution in [0.25, 0.3) is 0 Å². The highest BCUT2D eigenvalue weighted by atomic mass is 16.6. The van der Waals surface area contributed by atoms with Crippen LogP contribution in [-0.2, 0) is 19.0 Å². The molecule has 2 aliphatic rings.